The van der Waals surface area contributed by atoms with Crippen LogP contribution in [0.15, 0.2) is 71.8 Å². The topological polar surface area (TPSA) is 96.8 Å². The van der Waals surface area contributed by atoms with Crippen molar-refractivity contribution < 1.29 is 9.47 Å². The molecule has 0 spiro atoms. The zero-order chi connectivity index (χ0) is 23.2. The number of morpholine rings is 1. The lowest BCUT2D eigenvalue weighted by molar-refractivity contribution is 0.122. The quantitative estimate of drug-likeness (QED) is 0.318. The number of aromatic nitrogens is 3. The summed E-state index contributed by atoms with van der Waals surface area (Å²) in [6.07, 6.45) is 1.69. The number of hydrogen-bond donors (Lipinski definition) is 2. The van der Waals surface area contributed by atoms with Crippen LogP contribution in [-0.4, -0.2) is 54.6 Å². The van der Waals surface area contributed by atoms with Crippen LogP contribution in [0.25, 0.3) is 10.8 Å². The highest BCUT2D eigenvalue weighted by Gasteiger charge is 2.17. The SMILES string of the molecule is COc1cccc(C=NNc2nc(Nc3ccc4ccccc4c3)nc(N3CCOCC3)n2)c1. The van der Waals surface area contributed by atoms with E-state index in [1.807, 2.05) is 42.5 Å². The van der Waals surface area contributed by atoms with Crippen LogP contribution in [0.4, 0.5) is 23.5 Å². The van der Waals surface area contributed by atoms with Gasteiger partial charge in [-0.2, -0.15) is 20.1 Å². The van der Waals surface area contributed by atoms with Gasteiger partial charge in [-0.1, -0.05) is 42.5 Å². The summed E-state index contributed by atoms with van der Waals surface area (Å²) in [7, 11) is 1.64. The van der Waals surface area contributed by atoms with E-state index in [4.69, 9.17) is 9.47 Å². The van der Waals surface area contributed by atoms with Crippen LogP contribution in [0.5, 0.6) is 5.75 Å². The van der Waals surface area contributed by atoms with Gasteiger partial charge in [0.1, 0.15) is 5.75 Å². The Morgan fingerprint density at radius 2 is 1.74 bits per heavy atom. The predicted octanol–water partition coefficient (Wildman–Crippen LogP) is 4.06. The number of nitrogens with one attached hydrogen (secondary N) is 2. The molecule has 3 aromatic carbocycles. The Balaban J connectivity index is 1.40. The Kier molecular flexibility index (Phi) is 6.44. The van der Waals surface area contributed by atoms with Gasteiger partial charge in [-0.3, -0.25) is 0 Å². The van der Waals surface area contributed by atoms with E-state index >= 15 is 0 Å². The smallest absolute Gasteiger partial charge is 0.250 e. The van der Waals surface area contributed by atoms with E-state index in [2.05, 4.69) is 60.0 Å². The van der Waals surface area contributed by atoms with Crippen molar-refractivity contribution in [1.82, 2.24) is 15.0 Å². The monoisotopic (exact) mass is 455 g/mol. The summed E-state index contributed by atoms with van der Waals surface area (Å²) in [5.74, 6) is 2.12. The summed E-state index contributed by atoms with van der Waals surface area (Å²) in [5, 5.41) is 9.93. The standard InChI is InChI=1S/C25H25N7O2/c1-33-22-8-4-5-18(15-22)17-26-31-24-28-23(29-25(30-24)32-11-13-34-14-12-32)27-21-10-9-19-6-2-3-7-20(19)16-21/h2-10,15-17H,11-14H2,1H3,(H2,27,28,29,30,31). The van der Waals surface area contributed by atoms with Gasteiger partial charge in [0.2, 0.25) is 17.8 Å². The van der Waals surface area contributed by atoms with Gasteiger partial charge in [0.05, 0.1) is 26.5 Å². The van der Waals surface area contributed by atoms with E-state index in [1.165, 1.54) is 5.39 Å². The van der Waals surface area contributed by atoms with Crippen molar-refractivity contribution in [2.45, 2.75) is 0 Å². The number of rotatable bonds is 7. The third-order valence-electron chi connectivity index (χ3n) is 5.40. The normalized spacial score (nSPS) is 13.9. The predicted molar refractivity (Wildman–Crippen MR) is 134 cm³/mol. The number of nitrogens with zero attached hydrogens (tertiary/aromatic N) is 5. The molecule has 0 aliphatic carbocycles. The van der Waals surface area contributed by atoms with Gasteiger partial charge in [0, 0.05) is 18.8 Å². The van der Waals surface area contributed by atoms with Gasteiger partial charge in [-0.25, -0.2) is 5.43 Å². The molecule has 0 atom stereocenters. The molecule has 0 bridgehead atoms. The van der Waals surface area contributed by atoms with Crippen LogP contribution in [0.1, 0.15) is 5.56 Å². The maximum absolute atomic E-state index is 5.47. The van der Waals surface area contributed by atoms with E-state index in [-0.39, 0.29) is 0 Å². The van der Waals surface area contributed by atoms with Gasteiger partial charge in [-0.05, 0) is 40.6 Å². The highest BCUT2D eigenvalue weighted by atomic mass is 16.5. The second kappa shape index (κ2) is 10.1. The Labute approximate surface area is 197 Å². The van der Waals surface area contributed by atoms with E-state index in [0.717, 1.165) is 22.4 Å². The van der Waals surface area contributed by atoms with Crippen molar-refractivity contribution in [2.24, 2.45) is 5.10 Å². The Morgan fingerprint density at radius 3 is 2.59 bits per heavy atom. The summed E-state index contributed by atoms with van der Waals surface area (Å²) in [6.45, 7) is 2.70. The molecule has 1 fully saturated rings. The number of hydrazone groups is 1. The maximum atomic E-state index is 5.47. The molecule has 34 heavy (non-hydrogen) atoms. The first-order valence-electron chi connectivity index (χ1n) is 11.0. The van der Waals surface area contributed by atoms with Crippen molar-refractivity contribution in [1.29, 1.82) is 0 Å². The first-order valence-corrected chi connectivity index (χ1v) is 11.0. The molecule has 0 saturated carbocycles. The fourth-order valence-electron chi connectivity index (χ4n) is 3.66. The van der Waals surface area contributed by atoms with E-state index in [1.54, 1.807) is 13.3 Å². The molecule has 5 rings (SSSR count). The fraction of sp³-hybridized carbons (Fsp3) is 0.200. The van der Waals surface area contributed by atoms with E-state index in [0.29, 0.717) is 44.1 Å². The minimum absolute atomic E-state index is 0.346. The molecule has 1 aliphatic rings. The summed E-state index contributed by atoms with van der Waals surface area (Å²) in [5.41, 5.74) is 4.72. The summed E-state index contributed by atoms with van der Waals surface area (Å²) < 4.78 is 10.7. The molecule has 1 aliphatic heterocycles. The van der Waals surface area contributed by atoms with Crippen molar-refractivity contribution in [2.75, 3.05) is 49.1 Å². The van der Waals surface area contributed by atoms with Crippen LogP contribution in [0, 0.1) is 0 Å². The second-order valence-electron chi connectivity index (χ2n) is 7.72. The fourth-order valence-corrected chi connectivity index (χ4v) is 3.66. The van der Waals surface area contributed by atoms with Gasteiger partial charge < -0.3 is 19.7 Å². The molecule has 1 saturated heterocycles. The first-order chi connectivity index (χ1) is 16.8. The lowest BCUT2D eigenvalue weighted by Crippen LogP contribution is -2.37. The minimum Gasteiger partial charge on any atom is -0.497 e. The van der Waals surface area contributed by atoms with Gasteiger partial charge >= 0.3 is 0 Å². The molecule has 0 radical (unpaired) electrons. The number of methoxy groups -OCH3 is 1. The van der Waals surface area contributed by atoms with Gasteiger partial charge in [-0.15, -0.1) is 0 Å². The molecule has 172 valence electrons. The van der Waals surface area contributed by atoms with Crippen LogP contribution in [-0.2, 0) is 4.74 Å². The Bertz CT molecular complexity index is 1310. The number of ether oxygens (including phenoxy) is 2. The molecule has 0 amide bonds. The molecular weight excluding hydrogens is 430 g/mol. The third kappa shape index (κ3) is 5.21. The number of fused-ring (bicyclic) bond motifs is 1. The molecule has 0 unspecified atom stereocenters. The third-order valence-corrected chi connectivity index (χ3v) is 5.40. The molecule has 4 aromatic rings. The molecule has 1 aromatic heterocycles. The maximum Gasteiger partial charge on any atom is 0.250 e. The van der Waals surface area contributed by atoms with Crippen LogP contribution in [0.2, 0.25) is 0 Å². The number of anilines is 4. The van der Waals surface area contributed by atoms with E-state index < -0.39 is 0 Å². The van der Waals surface area contributed by atoms with Crippen molar-refractivity contribution in [3.05, 3.63) is 72.3 Å². The summed E-state index contributed by atoms with van der Waals surface area (Å²) >= 11 is 0. The molecule has 2 N–H and O–H groups in total. The molecule has 2 heterocycles. The van der Waals surface area contributed by atoms with Crippen LogP contribution < -0.4 is 20.4 Å². The zero-order valence-corrected chi connectivity index (χ0v) is 18.8. The average Bonchev–Trinajstić information content (AvgIpc) is 2.89. The molecule has 9 heteroatoms. The largest absolute Gasteiger partial charge is 0.497 e. The first kappa shape index (κ1) is 21.6. The highest BCUT2D eigenvalue weighted by Crippen LogP contribution is 2.23. The Hall–Kier alpha value is -4.24. The van der Waals surface area contributed by atoms with Crippen molar-refractivity contribution >= 4 is 40.5 Å². The zero-order valence-electron chi connectivity index (χ0n) is 18.8. The number of benzene rings is 3. The van der Waals surface area contributed by atoms with Crippen LogP contribution >= 0.6 is 0 Å². The Morgan fingerprint density at radius 1 is 0.912 bits per heavy atom. The summed E-state index contributed by atoms with van der Waals surface area (Å²) in [4.78, 5) is 15.8. The van der Waals surface area contributed by atoms with Gasteiger partial charge in [0.25, 0.3) is 0 Å². The lowest BCUT2D eigenvalue weighted by atomic mass is 10.1. The summed E-state index contributed by atoms with van der Waals surface area (Å²) in [6, 6.07) is 22.0. The van der Waals surface area contributed by atoms with Crippen LogP contribution in [0.3, 0.4) is 0 Å². The van der Waals surface area contributed by atoms with Crippen molar-refractivity contribution in [3.63, 3.8) is 0 Å². The van der Waals surface area contributed by atoms with Gasteiger partial charge in [0.15, 0.2) is 0 Å². The molecular formula is C25H25N7O2. The molecule has 9 nitrogen and oxygen atoms in total. The second-order valence-corrected chi connectivity index (χ2v) is 7.72. The average molecular weight is 456 g/mol. The number of hydrogen-bond acceptors (Lipinski definition) is 9. The van der Waals surface area contributed by atoms with E-state index in [9.17, 15) is 0 Å². The highest BCUT2D eigenvalue weighted by molar-refractivity contribution is 5.86. The lowest BCUT2D eigenvalue weighted by Gasteiger charge is -2.27. The minimum atomic E-state index is 0.346. The van der Waals surface area contributed by atoms with Crippen molar-refractivity contribution in [3.8, 4) is 5.75 Å².